The van der Waals surface area contributed by atoms with E-state index in [0.29, 0.717) is 5.13 Å². The lowest BCUT2D eigenvalue weighted by Gasteiger charge is -1.97. The van der Waals surface area contributed by atoms with Gasteiger partial charge in [0.2, 0.25) is 5.91 Å². The zero-order valence-corrected chi connectivity index (χ0v) is 14.3. The van der Waals surface area contributed by atoms with Crippen LogP contribution >= 0.6 is 22.7 Å². The number of carbonyl (C=O) groups excluding carboxylic acids is 2. The minimum atomic E-state index is -0.501. The monoisotopic (exact) mass is 359 g/mol. The van der Waals surface area contributed by atoms with Crippen LogP contribution in [-0.4, -0.2) is 28.5 Å². The van der Waals surface area contributed by atoms with Crippen molar-refractivity contribution in [2.24, 2.45) is 0 Å². The van der Waals surface area contributed by atoms with E-state index in [9.17, 15) is 9.59 Å². The van der Waals surface area contributed by atoms with Gasteiger partial charge in [0.15, 0.2) is 10.8 Å². The standard InChI is InChI=1S/C16H13N3O3S2/c1-2-22-15(21)11-9-23-16(18-11)19-13(20)7-8-14-17-10-5-3-4-6-12(10)24-14/h3-9H,2H2,1H3,(H,18,19,20)/b8-7+. The summed E-state index contributed by atoms with van der Waals surface area (Å²) in [5.41, 5.74) is 1.09. The molecule has 0 saturated heterocycles. The molecule has 1 amide bonds. The van der Waals surface area contributed by atoms with Gasteiger partial charge in [0.05, 0.1) is 16.8 Å². The van der Waals surface area contributed by atoms with Crippen molar-refractivity contribution >= 4 is 56.0 Å². The molecule has 0 unspecified atom stereocenters. The number of ether oxygens (including phenoxy) is 1. The van der Waals surface area contributed by atoms with Crippen LogP contribution in [0.5, 0.6) is 0 Å². The van der Waals surface area contributed by atoms with E-state index in [2.05, 4.69) is 15.3 Å². The highest BCUT2D eigenvalue weighted by atomic mass is 32.1. The molecular weight excluding hydrogens is 346 g/mol. The fourth-order valence-electron chi connectivity index (χ4n) is 1.89. The van der Waals surface area contributed by atoms with Crippen molar-refractivity contribution in [3.05, 3.63) is 46.4 Å². The Labute approximate surface area is 145 Å². The molecule has 0 aliphatic rings. The Balaban J connectivity index is 1.63. The summed E-state index contributed by atoms with van der Waals surface area (Å²) >= 11 is 2.67. The van der Waals surface area contributed by atoms with Crippen molar-refractivity contribution in [1.82, 2.24) is 9.97 Å². The van der Waals surface area contributed by atoms with Crippen LogP contribution in [0, 0.1) is 0 Å². The number of nitrogens with one attached hydrogen (secondary N) is 1. The van der Waals surface area contributed by atoms with Crippen molar-refractivity contribution < 1.29 is 14.3 Å². The summed E-state index contributed by atoms with van der Waals surface area (Å²) in [4.78, 5) is 31.9. The van der Waals surface area contributed by atoms with Gasteiger partial charge in [-0.25, -0.2) is 14.8 Å². The predicted molar refractivity (Wildman–Crippen MR) is 95.4 cm³/mol. The van der Waals surface area contributed by atoms with Crippen molar-refractivity contribution in [3.63, 3.8) is 0 Å². The lowest BCUT2D eigenvalue weighted by atomic mass is 10.3. The van der Waals surface area contributed by atoms with Gasteiger partial charge in [0.25, 0.3) is 0 Å². The van der Waals surface area contributed by atoms with E-state index in [-0.39, 0.29) is 18.2 Å². The van der Waals surface area contributed by atoms with Gasteiger partial charge in [-0.2, -0.15) is 0 Å². The zero-order chi connectivity index (χ0) is 16.9. The summed E-state index contributed by atoms with van der Waals surface area (Å²) in [5.74, 6) is -0.835. The predicted octanol–water partition coefficient (Wildman–Crippen LogP) is 3.58. The highest BCUT2D eigenvalue weighted by Gasteiger charge is 2.12. The second kappa shape index (κ2) is 7.33. The van der Waals surface area contributed by atoms with Gasteiger partial charge >= 0.3 is 5.97 Å². The maximum absolute atomic E-state index is 11.9. The molecule has 8 heteroatoms. The molecule has 2 heterocycles. The Kier molecular flexibility index (Phi) is 4.97. The second-order valence-electron chi connectivity index (χ2n) is 4.60. The number of anilines is 1. The molecule has 0 bridgehead atoms. The quantitative estimate of drug-likeness (QED) is 0.556. The van der Waals surface area contributed by atoms with E-state index in [4.69, 9.17) is 4.74 Å². The van der Waals surface area contributed by atoms with E-state index in [1.165, 1.54) is 28.7 Å². The van der Waals surface area contributed by atoms with Crippen LogP contribution in [-0.2, 0) is 9.53 Å². The molecule has 0 fully saturated rings. The van der Waals surface area contributed by atoms with Gasteiger partial charge in [0.1, 0.15) is 5.01 Å². The number of amides is 1. The number of para-hydroxylation sites is 1. The van der Waals surface area contributed by atoms with Crippen LogP contribution in [0.4, 0.5) is 5.13 Å². The molecule has 122 valence electrons. The third kappa shape index (κ3) is 3.84. The molecule has 0 saturated carbocycles. The summed E-state index contributed by atoms with van der Waals surface area (Å²) < 4.78 is 5.92. The highest BCUT2D eigenvalue weighted by Crippen LogP contribution is 2.22. The third-order valence-corrected chi connectivity index (χ3v) is 4.67. The van der Waals surface area contributed by atoms with Crippen LogP contribution in [0.1, 0.15) is 22.4 Å². The van der Waals surface area contributed by atoms with Crippen molar-refractivity contribution in [3.8, 4) is 0 Å². The van der Waals surface area contributed by atoms with Gasteiger partial charge in [-0.05, 0) is 25.1 Å². The number of hydrogen-bond acceptors (Lipinski definition) is 7. The summed E-state index contributed by atoms with van der Waals surface area (Å²) in [6, 6.07) is 7.78. The average Bonchev–Trinajstić information content (AvgIpc) is 3.19. The Morgan fingerprint density at radius 2 is 2.12 bits per heavy atom. The Hall–Kier alpha value is -2.58. The molecule has 0 aliphatic heterocycles. The maximum Gasteiger partial charge on any atom is 0.357 e. The minimum absolute atomic E-state index is 0.187. The Morgan fingerprint density at radius 1 is 1.29 bits per heavy atom. The van der Waals surface area contributed by atoms with Gasteiger partial charge in [-0.15, -0.1) is 22.7 Å². The van der Waals surface area contributed by atoms with E-state index in [1.807, 2.05) is 24.3 Å². The number of hydrogen-bond donors (Lipinski definition) is 1. The summed E-state index contributed by atoms with van der Waals surface area (Å²) in [5, 5.41) is 5.25. The molecule has 0 radical (unpaired) electrons. The molecular formula is C16H13N3O3S2. The van der Waals surface area contributed by atoms with Crippen LogP contribution < -0.4 is 5.32 Å². The number of carbonyl (C=O) groups is 2. The first kappa shape index (κ1) is 16.3. The highest BCUT2D eigenvalue weighted by molar-refractivity contribution is 7.19. The molecule has 0 atom stereocenters. The average molecular weight is 359 g/mol. The SMILES string of the molecule is CCOC(=O)c1csc(NC(=O)/C=C/c2nc3ccccc3s2)n1. The summed E-state index contributed by atoms with van der Waals surface area (Å²) in [6.45, 7) is 2.00. The lowest BCUT2D eigenvalue weighted by molar-refractivity contribution is -0.111. The largest absolute Gasteiger partial charge is 0.461 e. The molecule has 1 aromatic carbocycles. The summed E-state index contributed by atoms with van der Waals surface area (Å²) in [6.07, 6.45) is 3.04. The number of rotatable bonds is 5. The topological polar surface area (TPSA) is 81.2 Å². The van der Waals surface area contributed by atoms with Crippen LogP contribution in [0.3, 0.4) is 0 Å². The number of aromatic nitrogens is 2. The second-order valence-corrected chi connectivity index (χ2v) is 6.52. The molecule has 1 N–H and O–H groups in total. The molecule has 3 aromatic rings. The first-order valence-electron chi connectivity index (χ1n) is 7.13. The normalized spacial score (nSPS) is 11.0. The summed E-state index contributed by atoms with van der Waals surface area (Å²) in [7, 11) is 0. The van der Waals surface area contributed by atoms with Crippen LogP contribution in [0.25, 0.3) is 16.3 Å². The first-order valence-corrected chi connectivity index (χ1v) is 8.82. The molecule has 24 heavy (non-hydrogen) atoms. The van der Waals surface area contributed by atoms with Crippen molar-refractivity contribution in [2.45, 2.75) is 6.92 Å². The van der Waals surface area contributed by atoms with E-state index in [0.717, 1.165) is 15.2 Å². The lowest BCUT2D eigenvalue weighted by Crippen LogP contribution is -2.09. The van der Waals surface area contributed by atoms with E-state index in [1.54, 1.807) is 18.4 Å². The molecule has 2 aromatic heterocycles. The molecule has 6 nitrogen and oxygen atoms in total. The fourth-order valence-corrected chi connectivity index (χ4v) is 3.44. The van der Waals surface area contributed by atoms with Gasteiger partial charge in [-0.3, -0.25) is 10.1 Å². The Bertz CT molecular complexity index is 881. The molecule has 3 rings (SSSR count). The van der Waals surface area contributed by atoms with Gasteiger partial charge < -0.3 is 4.74 Å². The van der Waals surface area contributed by atoms with Crippen molar-refractivity contribution in [2.75, 3.05) is 11.9 Å². The fraction of sp³-hybridized carbons (Fsp3) is 0.125. The number of fused-ring (bicyclic) bond motifs is 1. The van der Waals surface area contributed by atoms with Crippen molar-refractivity contribution in [1.29, 1.82) is 0 Å². The van der Waals surface area contributed by atoms with Crippen LogP contribution in [0.2, 0.25) is 0 Å². The third-order valence-electron chi connectivity index (χ3n) is 2.91. The van der Waals surface area contributed by atoms with Crippen LogP contribution in [0.15, 0.2) is 35.7 Å². The minimum Gasteiger partial charge on any atom is -0.461 e. The Morgan fingerprint density at radius 3 is 2.92 bits per heavy atom. The number of thiazole rings is 2. The van der Waals surface area contributed by atoms with E-state index >= 15 is 0 Å². The number of nitrogens with zero attached hydrogens (tertiary/aromatic N) is 2. The molecule has 0 spiro atoms. The zero-order valence-electron chi connectivity index (χ0n) is 12.7. The molecule has 0 aliphatic carbocycles. The first-order chi connectivity index (χ1) is 11.7. The maximum atomic E-state index is 11.9. The number of esters is 1. The van der Waals surface area contributed by atoms with E-state index < -0.39 is 5.97 Å². The van der Waals surface area contributed by atoms with Gasteiger partial charge in [0, 0.05) is 11.5 Å². The number of benzene rings is 1. The smallest absolute Gasteiger partial charge is 0.357 e. The van der Waals surface area contributed by atoms with Gasteiger partial charge in [-0.1, -0.05) is 12.1 Å².